The number of fused-ring (bicyclic) bond motifs is 1. The van der Waals surface area contributed by atoms with Crippen LogP contribution in [0.4, 0.5) is 0 Å². The van der Waals surface area contributed by atoms with Crippen LogP contribution in [0.5, 0.6) is 0 Å². The normalized spacial score (nSPS) is 21.2. The molecule has 1 unspecified atom stereocenters. The Balaban J connectivity index is 1.68. The molecule has 28 heavy (non-hydrogen) atoms. The summed E-state index contributed by atoms with van der Waals surface area (Å²) in [7, 11) is 0. The van der Waals surface area contributed by atoms with E-state index in [1.165, 1.54) is 4.90 Å². The maximum absolute atomic E-state index is 13.0. The Hall–Kier alpha value is -2.45. The van der Waals surface area contributed by atoms with Crippen molar-refractivity contribution in [3.63, 3.8) is 0 Å². The lowest BCUT2D eigenvalue weighted by molar-refractivity contribution is -0.133. The highest BCUT2D eigenvalue weighted by Crippen LogP contribution is 2.36. The van der Waals surface area contributed by atoms with Gasteiger partial charge in [-0.05, 0) is 37.1 Å². The molecule has 0 aliphatic carbocycles. The topological polar surface area (TPSA) is 113 Å². The number of benzene rings is 1. The molecule has 1 saturated heterocycles. The van der Waals surface area contributed by atoms with Gasteiger partial charge in [-0.3, -0.25) is 14.4 Å². The number of hydrogen-bond acceptors (Lipinski definition) is 5. The molecule has 8 heteroatoms. The van der Waals surface area contributed by atoms with Gasteiger partial charge in [0, 0.05) is 44.6 Å². The maximum Gasteiger partial charge on any atom is 0.254 e. The summed E-state index contributed by atoms with van der Waals surface area (Å²) < 4.78 is 5.77. The third-order valence-electron chi connectivity index (χ3n) is 5.32. The number of carbonyl (C=O) groups is 3. The van der Waals surface area contributed by atoms with Crippen molar-refractivity contribution in [2.24, 2.45) is 5.73 Å². The average Bonchev–Trinajstić information content (AvgIpc) is 2.82. The summed E-state index contributed by atoms with van der Waals surface area (Å²) in [6, 6.07) is 5.55. The second kappa shape index (κ2) is 7.89. The highest BCUT2D eigenvalue weighted by Gasteiger charge is 2.32. The van der Waals surface area contributed by atoms with Crippen molar-refractivity contribution >= 4 is 17.7 Å². The monoisotopic (exact) mass is 389 g/mol. The number of primary amides is 1. The Labute approximate surface area is 164 Å². The van der Waals surface area contributed by atoms with Crippen molar-refractivity contribution in [2.75, 3.05) is 26.2 Å². The number of rotatable bonds is 4. The molecule has 0 spiro atoms. The zero-order chi connectivity index (χ0) is 20.5. The van der Waals surface area contributed by atoms with Crippen LogP contribution in [0.15, 0.2) is 18.2 Å². The number of nitrogens with two attached hydrogens (primary N) is 1. The van der Waals surface area contributed by atoms with Crippen molar-refractivity contribution in [3.05, 3.63) is 34.9 Å². The highest BCUT2D eigenvalue weighted by molar-refractivity contribution is 5.94. The molecule has 2 aliphatic rings. The Kier molecular flexibility index (Phi) is 5.71. The fraction of sp³-hybridized carbons (Fsp3) is 0.550. The molecule has 3 rings (SSSR count). The van der Waals surface area contributed by atoms with E-state index in [1.54, 1.807) is 11.0 Å². The van der Waals surface area contributed by atoms with E-state index in [1.807, 2.05) is 26.0 Å². The van der Waals surface area contributed by atoms with Crippen LogP contribution in [0, 0.1) is 0 Å². The van der Waals surface area contributed by atoms with Crippen LogP contribution in [0.25, 0.3) is 0 Å². The fourth-order valence-electron chi connectivity index (χ4n) is 3.74. The first kappa shape index (κ1) is 20.3. The molecular weight excluding hydrogens is 362 g/mol. The number of carbonyl (C=O) groups excluding carboxylic acids is 3. The van der Waals surface area contributed by atoms with Gasteiger partial charge >= 0.3 is 0 Å². The summed E-state index contributed by atoms with van der Waals surface area (Å²) in [6.45, 7) is 5.36. The summed E-state index contributed by atoms with van der Waals surface area (Å²) in [4.78, 5) is 39.1. The van der Waals surface area contributed by atoms with Gasteiger partial charge in [0.15, 0.2) is 0 Å². The minimum absolute atomic E-state index is 0.0105. The lowest BCUT2D eigenvalue weighted by atomic mass is 9.94. The van der Waals surface area contributed by atoms with Crippen molar-refractivity contribution in [3.8, 4) is 0 Å². The lowest BCUT2D eigenvalue weighted by Gasteiger charge is -2.22. The molecular formula is C20H27N3O5. The van der Waals surface area contributed by atoms with Gasteiger partial charge in [0.1, 0.15) is 0 Å². The second-order valence-corrected chi connectivity index (χ2v) is 7.88. The van der Waals surface area contributed by atoms with Crippen LogP contribution in [0.1, 0.15) is 48.2 Å². The van der Waals surface area contributed by atoms with E-state index in [4.69, 9.17) is 10.5 Å². The van der Waals surface area contributed by atoms with Gasteiger partial charge in [0.25, 0.3) is 5.91 Å². The van der Waals surface area contributed by atoms with Gasteiger partial charge in [-0.25, -0.2) is 0 Å². The molecule has 1 aromatic carbocycles. The van der Waals surface area contributed by atoms with Crippen molar-refractivity contribution in [2.45, 2.75) is 45.0 Å². The maximum atomic E-state index is 13.0. The van der Waals surface area contributed by atoms with Crippen LogP contribution in [0.2, 0.25) is 0 Å². The van der Waals surface area contributed by atoms with Crippen LogP contribution >= 0.6 is 0 Å². The van der Waals surface area contributed by atoms with Gasteiger partial charge in [-0.2, -0.15) is 0 Å². The number of aliphatic hydroxyl groups is 1. The van der Waals surface area contributed by atoms with Gasteiger partial charge < -0.3 is 25.4 Å². The zero-order valence-electron chi connectivity index (χ0n) is 16.3. The molecule has 2 heterocycles. The zero-order valence-corrected chi connectivity index (χ0v) is 16.3. The molecule has 152 valence electrons. The second-order valence-electron chi connectivity index (χ2n) is 7.88. The summed E-state index contributed by atoms with van der Waals surface area (Å²) in [6.07, 6.45) is -0.862. The van der Waals surface area contributed by atoms with Crippen LogP contribution in [0.3, 0.4) is 0 Å². The predicted molar refractivity (Wildman–Crippen MR) is 101 cm³/mol. The molecule has 8 nitrogen and oxygen atoms in total. The summed E-state index contributed by atoms with van der Waals surface area (Å²) in [5, 5.41) is 10.3. The van der Waals surface area contributed by atoms with Gasteiger partial charge in [-0.15, -0.1) is 0 Å². The lowest BCUT2D eigenvalue weighted by Crippen LogP contribution is -2.38. The minimum Gasteiger partial charge on any atom is -0.389 e. The van der Waals surface area contributed by atoms with E-state index >= 15 is 0 Å². The van der Waals surface area contributed by atoms with E-state index in [0.29, 0.717) is 25.3 Å². The van der Waals surface area contributed by atoms with Crippen LogP contribution in [-0.4, -0.2) is 64.9 Å². The fourth-order valence-corrected chi connectivity index (χ4v) is 3.74. The molecule has 0 saturated carbocycles. The van der Waals surface area contributed by atoms with Crippen LogP contribution < -0.4 is 5.73 Å². The molecule has 0 bridgehead atoms. The SMILES string of the molecule is CC1(C)OCc2cc(C(=O)N3CCN(C(=O)CCC(N)=O)CC(O)C3)ccc21. The third kappa shape index (κ3) is 4.34. The number of amides is 3. The highest BCUT2D eigenvalue weighted by atomic mass is 16.5. The molecule has 0 aromatic heterocycles. The Morgan fingerprint density at radius 1 is 1.18 bits per heavy atom. The molecule has 1 atom stereocenters. The largest absolute Gasteiger partial charge is 0.389 e. The molecule has 1 aromatic rings. The number of β-amino-alcohol motifs (C(OH)–C–C–N with tert-alkyl or cyclic N) is 1. The summed E-state index contributed by atoms with van der Waals surface area (Å²) in [5.41, 5.74) is 7.34. The standard InChI is InChI=1S/C20H27N3O5/c1-20(2)16-4-3-13(9-14(16)12-28-20)19(27)23-8-7-22(10-15(24)11-23)18(26)6-5-17(21)25/h3-4,9,15,24H,5-8,10-12H2,1-2H3,(H2,21,25). The Morgan fingerprint density at radius 2 is 1.86 bits per heavy atom. The first-order valence-electron chi connectivity index (χ1n) is 9.48. The number of ether oxygens (including phenoxy) is 1. The Bertz CT molecular complexity index is 792. The molecule has 1 fully saturated rings. The van der Waals surface area contributed by atoms with Crippen molar-refractivity contribution in [1.82, 2.24) is 9.80 Å². The quantitative estimate of drug-likeness (QED) is 0.772. The van der Waals surface area contributed by atoms with Gasteiger partial charge in [-0.1, -0.05) is 6.07 Å². The van der Waals surface area contributed by atoms with Crippen molar-refractivity contribution in [1.29, 1.82) is 0 Å². The first-order chi connectivity index (χ1) is 13.2. The molecule has 0 radical (unpaired) electrons. The van der Waals surface area contributed by atoms with E-state index < -0.39 is 12.0 Å². The van der Waals surface area contributed by atoms with E-state index in [9.17, 15) is 19.5 Å². The predicted octanol–water partition coefficient (Wildman–Crippen LogP) is 0.363. The van der Waals surface area contributed by atoms with Crippen molar-refractivity contribution < 1.29 is 24.2 Å². The molecule has 3 N–H and O–H groups in total. The average molecular weight is 389 g/mol. The Morgan fingerprint density at radius 3 is 2.57 bits per heavy atom. The summed E-state index contributed by atoms with van der Waals surface area (Å²) in [5.74, 6) is -0.966. The number of hydrogen-bond donors (Lipinski definition) is 2. The molecule has 3 amide bonds. The van der Waals surface area contributed by atoms with E-state index in [0.717, 1.165) is 11.1 Å². The van der Waals surface area contributed by atoms with Gasteiger partial charge in [0.05, 0.1) is 18.3 Å². The summed E-state index contributed by atoms with van der Waals surface area (Å²) >= 11 is 0. The minimum atomic E-state index is -0.847. The van der Waals surface area contributed by atoms with E-state index in [-0.39, 0.29) is 43.3 Å². The first-order valence-corrected chi connectivity index (χ1v) is 9.48. The number of nitrogens with zero attached hydrogens (tertiary/aromatic N) is 2. The van der Waals surface area contributed by atoms with Gasteiger partial charge in [0.2, 0.25) is 11.8 Å². The van der Waals surface area contributed by atoms with Crippen LogP contribution in [-0.2, 0) is 26.5 Å². The van der Waals surface area contributed by atoms with E-state index in [2.05, 4.69) is 0 Å². The smallest absolute Gasteiger partial charge is 0.254 e. The number of aliphatic hydroxyl groups excluding tert-OH is 1. The molecule has 2 aliphatic heterocycles. The third-order valence-corrected chi connectivity index (χ3v) is 5.32.